The molecule has 0 fully saturated rings. The van der Waals surface area contributed by atoms with E-state index in [1.165, 1.54) is 24.3 Å². The lowest BCUT2D eigenvalue weighted by molar-refractivity contribution is -0.0467. The lowest BCUT2D eigenvalue weighted by Gasteiger charge is -2.20. The summed E-state index contributed by atoms with van der Waals surface area (Å²) < 4.78 is 34.4. The van der Waals surface area contributed by atoms with E-state index in [2.05, 4.69) is 10.3 Å². The molecule has 188 valence electrons. The van der Waals surface area contributed by atoms with Gasteiger partial charge in [-0.15, -0.1) is 0 Å². The first-order valence-corrected chi connectivity index (χ1v) is 11.6. The van der Waals surface area contributed by atoms with Gasteiger partial charge in [-0.1, -0.05) is 48.5 Å². The molecule has 0 bridgehead atoms. The molecule has 1 heterocycles. The summed E-state index contributed by atoms with van der Waals surface area (Å²) in [5.74, 6) is -2.80. The number of ether oxygens (including phenoxy) is 1. The summed E-state index contributed by atoms with van der Waals surface area (Å²) in [7, 11) is 0. The molecule has 0 aliphatic heterocycles. The van der Waals surface area contributed by atoms with Gasteiger partial charge in [0.15, 0.2) is 6.61 Å². The average molecular weight is 495 g/mol. The van der Waals surface area contributed by atoms with Crippen molar-refractivity contribution < 1.29 is 23.7 Å². The van der Waals surface area contributed by atoms with Crippen molar-refractivity contribution >= 4 is 10.9 Å². The first-order chi connectivity index (χ1) is 17.2. The minimum absolute atomic E-state index is 0.0457. The van der Waals surface area contributed by atoms with Crippen molar-refractivity contribution in [1.82, 2.24) is 10.3 Å². The zero-order valence-corrected chi connectivity index (χ0v) is 19.7. The van der Waals surface area contributed by atoms with Crippen molar-refractivity contribution in [3.63, 3.8) is 0 Å². The van der Waals surface area contributed by atoms with Crippen LogP contribution < -0.4 is 15.6 Å². The van der Waals surface area contributed by atoms with Gasteiger partial charge < -0.3 is 25.3 Å². The summed E-state index contributed by atoms with van der Waals surface area (Å²) in [6.07, 6.45) is -0.310. The minimum atomic E-state index is -3.13. The number of aliphatic hydroxyl groups excluding tert-OH is 1. The number of phenols is 1. The van der Waals surface area contributed by atoms with E-state index in [1.54, 1.807) is 54.6 Å². The van der Waals surface area contributed by atoms with Gasteiger partial charge >= 0.3 is 5.92 Å². The molecule has 0 aliphatic carbocycles. The highest BCUT2D eigenvalue weighted by atomic mass is 19.3. The number of pyridine rings is 1. The molecule has 8 heteroatoms. The molecule has 1 aromatic heterocycles. The number of aromatic hydroxyl groups is 1. The molecular formula is C28H28F2N2O4. The third-order valence-electron chi connectivity index (χ3n) is 6.01. The van der Waals surface area contributed by atoms with Crippen LogP contribution in [0.15, 0.2) is 83.7 Å². The molecule has 0 spiro atoms. The molecule has 0 amide bonds. The maximum atomic E-state index is 14.6. The van der Waals surface area contributed by atoms with E-state index in [4.69, 9.17) is 4.74 Å². The second-order valence-corrected chi connectivity index (χ2v) is 8.82. The number of halogens is 2. The molecule has 0 saturated heterocycles. The molecular weight excluding hydrogens is 466 g/mol. The lowest BCUT2D eigenvalue weighted by atomic mass is 10.0. The van der Waals surface area contributed by atoms with Crippen LogP contribution in [0.3, 0.4) is 0 Å². The Morgan fingerprint density at radius 2 is 1.72 bits per heavy atom. The summed E-state index contributed by atoms with van der Waals surface area (Å²) in [5.41, 5.74) is 1.26. The molecule has 0 saturated carbocycles. The van der Waals surface area contributed by atoms with Crippen LogP contribution in [0.1, 0.15) is 29.7 Å². The standard InChI is InChI=1S/C28H28F2N2O4/c1-18(31-16-25(34)22-11-13-24(33)27-23(22)12-14-26(35)32-27)15-19-7-9-20(10-8-19)28(29,30)17-36-21-5-3-2-4-6-21/h2-14,18,25,31,33-34H,15-17H2,1H3,(H,32,35)/t18-,25+/m1/s1. The summed E-state index contributed by atoms with van der Waals surface area (Å²) in [6, 6.07) is 20.6. The largest absolute Gasteiger partial charge is 0.506 e. The molecule has 4 N–H and O–H groups in total. The van der Waals surface area contributed by atoms with Gasteiger partial charge in [-0.05, 0) is 48.7 Å². The molecule has 0 aliphatic rings. The topological polar surface area (TPSA) is 94.6 Å². The van der Waals surface area contributed by atoms with Crippen LogP contribution in [0.5, 0.6) is 11.5 Å². The molecule has 2 atom stereocenters. The highest BCUT2D eigenvalue weighted by Crippen LogP contribution is 2.30. The highest BCUT2D eigenvalue weighted by Gasteiger charge is 2.32. The molecule has 4 aromatic rings. The summed E-state index contributed by atoms with van der Waals surface area (Å²) >= 11 is 0. The predicted molar refractivity (Wildman–Crippen MR) is 135 cm³/mol. The maximum absolute atomic E-state index is 14.6. The van der Waals surface area contributed by atoms with Crippen molar-refractivity contribution in [2.75, 3.05) is 13.2 Å². The Morgan fingerprint density at radius 3 is 2.44 bits per heavy atom. The van der Waals surface area contributed by atoms with Gasteiger partial charge in [-0.2, -0.15) is 8.78 Å². The van der Waals surface area contributed by atoms with Crippen LogP contribution in [-0.2, 0) is 12.3 Å². The van der Waals surface area contributed by atoms with Crippen molar-refractivity contribution in [3.05, 3.63) is 106 Å². The van der Waals surface area contributed by atoms with Gasteiger partial charge in [0.2, 0.25) is 5.56 Å². The van der Waals surface area contributed by atoms with Gasteiger partial charge in [0.25, 0.3) is 0 Å². The number of nitrogens with one attached hydrogen (secondary N) is 2. The molecule has 0 unspecified atom stereocenters. The number of aromatic nitrogens is 1. The lowest BCUT2D eigenvalue weighted by Crippen LogP contribution is -2.32. The monoisotopic (exact) mass is 494 g/mol. The Balaban J connectivity index is 1.33. The van der Waals surface area contributed by atoms with Gasteiger partial charge in [-0.25, -0.2) is 0 Å². The van der Waals surface area contributed by atoms with E-state index < -0.39 is 18.6 Å². The number of aliphatic hydroxyl groups is 1. The second-order valence-electron chi connectivity index (χ2n) is 8.82. The van der Waals surface area contributed by atoms with E-state index in [0.717, 1.165) is 5.56 Å². The number of para-hydroxylation sites is 1. The first kappa shape index (κ1) is 25.3. The average Bonchev–Trinajstić information content (AvgIpc) is 2.87. The number of hydrogen-bond donors (Lipinski definition) is 4. The molecule has 6 nitrogen and oxygen atoms in total. The van der Waals surface area contributed by atoms with Crippen LogP contribution in [0.4, 0.5) is 8.78 Å². The summed E-state index contributed by atoms with van der Waals surface area (Å²) in [4.78, 5) is 14.2. The summed E-state index contributed by atoms with van der Waals surface area (Å²) in [5, 5.41) is 24.5. The number of benzene rings is 3. The van der Waals surface area contributed by atoms with Crippen molar-refractivity contribution in [3.8, 4) is 11.5 Å². The number of hydrogen-bond acceptors (Lipinski definition) is 5. The predicted octanol–water partition coefficient (Wildman–Crippen LogP) is 4.66. The Labute approximate surface area is 207 Å². The molecule has 0 radical (unpaired) electrons. The fourth-order valence-electron chi connectivity index (χ4n) is 4.06. The number of phenolic OH excluding ortho intramolecular Hbond substituents is 1. The van der Waals surface area contributed by atoms with E-state index >= 15 is 0 Å². The molecule has 4 rings (SSSR count). The quantitative estimate of drug-likeness (QED) is 0.257. The number of aromatic amines is 1. The highest BCUT2D eigenvalue weighted by molar-refractivity contribution is 5.87. The first-order valence-electron chi connectivity index (χ1n) is 11.6. The van der Waals surface area contributed by atoms with E-state index in [1.807, 2.05) is 6.92 Å². The van der Waals surface area contributed by atoms with Crippen LogP contribution in [0.25, 0.3) is 10.9 Å². The van der Waals surface area contributed by atoms with E-state index in [9.17, 15) is 23.8 Å². The van der Waals surface area contributed by atoms with Crippen molar-refractivity contribution in [2.24, 2.45) is 0 Å². The van der Waals surface area contributed by atoms with Gasteiger partial charge in [0, 0.05) is 29.6 Å². The van der Waals surface area contributed by atoms with Crippen LogP contribution >= 0.6 is 0 Å². The second kappa shape index (κ2) is 10.9. The zero-order chi connectivity index (χ0) is 25.7. The minimum Gasteiger partial charge on any atom is -0.506 e. The van der Waals surface area contributed by atoms with Crippen LogP contribution in [-0.4, -0.2) is 34.4 Å². The Hall–Kier alpha value is -3.75. The molecule has 36 heavy (non-hydrogen) atoms. The Kier molecular flexibility index (Phi) is 7.67. The number of H-pyrrole nitrogens is 1. The fourth-order valence-corrected chi connectivity index (χ4v) is 4.06. The van der Waals surface area contributed by atoms with Gasteiger partial charge in [0.05, 0.1) is 11.6 Å². The van der Waals surface area contributed by atoms with E-state index in [-0.39, 0.29) is 35.0 Å². The number of fused-ring (bicyclic) bond motifs is 1. The Morgan fingerprint density at radius 1 is 1.00 bits per heavy atom. The van der Waals surface area contributed by atoms with Crippen LogP contribution in [0.2, 0.25) is 0 Å². The molecule has 3 aromatic carbocycles. The van der Waals surface area contributed by atoms with E-state index in [0.29, 0.717) is 23.1 Å². The summed E-state index contributed by atoms with van der Waals surface area (Å²) in [6.45, 7) is 1.43. The van der Waals surface area contributed by atoms with Gasteiger partial charge in [0.1, 0.15) is 11.5 Å². The van der Waals surface area contributed by atoms with Gasteiger partial charge in [-0.3, -0.25) is 4.79 Å². The Bertz CT molecular complexity index is 1360. The maximum Gasteiger partial charge on any atom is 0.306 e. The smallest absolute Gasteiger partial charge is 0.306 e. The SMILES string of the molecule is C[C@H](Cc1ccc(C(F)(F)COc2ccccc2)cc1)NC[C@H](O)c1ccc(O)c2[nH]c(=O)ccc12. The normalized spacial score (nSPS) is 13.4. The third-order valence-corrected chi connectivity index (χ3v) is 6.01. The van der Waals surface area contributed by atoms with Crippen molar-refractivity contribution in [1.29, 1.82) is 0 Å². The third kappa shape index (κ3) is 6.08. The van der Waals surface area contributed by atoms with Crippen molar-refractivity contribution in [2.45, 2.75) is 31.4 Å². The van der Waals surface area contributed by atoms with Crippen LogP contribution in [0, 0.1) is 0 Å². The zero-order valence-electron chi connectivity index (χ0n) is 19.7. The fraction of sp³-hybridized carbons (Fsp3) is 0.250. The number of rotatable bonds is 10. The number of alkyl halides is 2.